The van der Waals surface area contributed by atoms with Crippen LogP contribution in [-0.2, 0) is 18.7 Å². The Kier molecular flexibility index (Phi) is 9.62. The van der Waals surface area contributed by atoms with Crippen molar-refractivity contribution in [1.82, 2.24) is 0 Å². The van der Waals surface area contributed by atoms with Gasteiger partial charge in [-0.1, -0.05) is 33.8 Å². The molecule has 5 heteroatoms. The zero-order valence-electron chi connectivity index (χ0n) is 14.4. The molecule has 0 spiro atoms. The van der Waals surface area contributed by atoms with Crippen molar-refractivity contribution in [3.63, 3.8) is 0 Å². The van der Waals surface area contributed by atoms with Crippen LogP contribution < -0.4 is 0 Å². The summed E-state index contributed by atoms with van der Waals surface area (Å²) in [4.78, 5) is 11.9. The van der Waals surface area contributed by atoms with Crippen molar-refractivity contribution in [2.24, 2.45) is 0 Å². The Hall–Kier alpha value is -0.813. The van der Waals surface area contributed by atoms with Gasteiger partial charge in [0, 0.05) is 13.0 Å². The minimum atomic E-state index is -1.96. The first-order valence-electron chi connectivity index (χ1n) is 7.73. The summed E-state index contributed by atoms with van der Waals surface area (Å²) in [6.45, 7) is 15.9. The highest BCUT2D eigenvalue weighted by molar-refractivity contribution is 6.75. The van der Waals surface area contributed by atoms with Crippen LogP contribution in [0, 0.1) is 0 Å². The molecule has 21 heavy (non-hydrogen) atoms. The number of hydrogen-bond acceptors (Lipinski definition) is 4. The molecule has 0 fully saturated rings. The fraction of sp³-hybridized carbons (Fsp3) is 0.812. The predicted molar refractivity (Wildman–Crippen MR) is 88.7 cm³/mol. The van der Waals surface area contributed by atoms with Crippen molar-refractivity contribution in [1.29, 1.82) is 0 Å². The first-order chi connectivity index (χ1) is 9.70. The maximum absolute atomic E-state index is 11.9. The molecule has 0 atom stereocenters. The first-order valence-corrected chi connectivity index (χ1v) is 10.6. The predicted octanol–water partition coefficient (Wildman–Crippen LogP) is 4.27. The van der Waals surface area contributed by atoms with Crippen LogP contribution in [0.2, 0.25) is 18.1 Å². The van der Waals surface area contributed by atoms with E-state index in [1.54, 1.807) is 0 Å². The molecule has 0 bridgehead atoms. The molecule has 0 saturated heterocycles. The Morgan fingerprint density at radius 1 is 1.10 bits per heavy atom. The molecule has 0 heterocycles. The summed E-state index contributed by atoms with van der Waals surface area (Å²) in [7, 11) is -1.96. The summed E-state index contributed by atoms with van der Waals surface area (Å²) in [6.07, 6.45) is 4.72. The quantitative estimate of drug-likeness (QED) is 0.324. The van der Waals surface area contributed by atoms with E-state index in [-0.39, 0.29) is 11.0 Å². The largest absolute Gasteiger partial charge is 0.519 e. The van der Waals surface area contributed by atoms with E-state index >= 15 is 0 Å². The topological polar surface area (TPSA) is 44.8 Å². The van der Waals surface area contributed by atoms with Crippen molar-refractivity contribution >= 4 is 14.3 Å². The van der Waals surface area contributed by atoms with E-state index in [2.05, 4.69) is 40.4 Å². The van der Waals surface area contributed by atoms with Crippen molar-refractivity contribution < 1.29 is 18.7 Å². The minimum Gasteiger partial charge on any atom is -0.519 e. The molecule has 4 nitrogen and oxygen atoms in total. The number of carbonyl (C=O) groups is 1. The van der Waals surface area contributed by atoms with Gasteiger partial charge in [-0.3, -0.25) is 4.79 Å². The van der Waals surface area contributed by atoms with Gasteiger partial charge in [0.05, 0.1) is 12.9 Å². The summed E-state index contributed by atoms with van der Waals surface area (Å²) >= 11 is 0. The highest BCUT2D eigenvalue weighted by atomic mass is 28.4. The zero-order chi connectivity index (χ0) is 16.4. The Morgan fingerprint density at radius 2 is 1.76 bits per heavy atom. The Morgan fingerprint density at radius 3 is 2.33 bits per heavy atom. The second-order valence-corrected chi connectivity index (χ2v) is 11.4. The SMILES string of the molecule is C=COCCOCCCCCC(=O)O[Si](C)(C)C(C)(C)C. The highest BCUT2D eigenvalue weighted by Gasteiger charge is 2.40. The van der Waals surface area contributed by atoms with Crippen molar-refractivity contribution in [2.45, 2.75) is 64.6 Å². The lowest BCUT2D eigenvalue weighted by Crippen LogP contribution is -2.42. The third-order valence-corrected chi connectivity index (χ3v) is 8.16. The molecular weight excluding hydrogens is 284 g/mol. The molecule has 0 radical (unpaired) electrons. The van der Waals surface area contributed by atoms with E-state index in [0.717, 1.165) is 19.3 Å². The highest BCUT2D eigenvalue weighted by Crippen LogP contribution is 2.36. The lowest BCUT2D eigenvalue weighted by atomic mass is 10.2. The molecule has 124 valence electrons. The van der Waals surface area contributed by atoms with Crippen LogP contribution in [0.1, 0.15) is 46.5 Å². The van der Waals surface area contributed by atoms with Crippen LogP contribution in [0.25, 0.3) is 0 Å². The number of carbonyl (C=O) groups excluding carboxylic acids is 1. The molecule has 0 aromatic heterocycles. The maximum atomic E-state index is 11.9. The molecule has 0 saturated carbocycles. The Bertz CT molecular complexity index is 308. The Labute approximate surface area is 131 Å². The smallest absolute Gasteiger partial charge is 0.292 e. The van der Waals surface area contributed by atoms with Gasteiger partial charge >= 0.3 is 0 Å². The van der Waals surface area contributed by atoms with Crippen LogP contribution in [0.4, 0.5) is 0 Å². The molecule has 0 rings (SSSR count). The average molecular weight is 317 g/mol. The molecule has 0 aliphatic rings. The fourth-order valence-electron chi connectivity index (χ4n) is 1.43. The van der Waals surface area contributed by atoms with Crippen LogP contribution in [0.3, 0.4) is 0 Å². The van der Waals surface area contributed by atoms with Gasteiger partial charge in [0.2, 0.25) is 0 Å². The molecule has 0 amide bonds. The number of hydrogen-bond donors (Lipinski definition) is 0. The normalized spacial score (nSPS) is 12.0. The monoisotopic (exact) mass is 316 g/mol. The van der Waals surface area contributed by atoms with Crippen molar-refractivity contribution in [3.8, 4) is 0 Å². The molecule has 0 aromatic carbocycles. The van der Waals surface area contributed by atoms with Gasteiger partial charge in [0.1, 0.15) is 6.61 Å². The number of ether oxygens (including phenoxy) is 2. The maximum Gasteiger partial charge on any atom is 0.292 e. The van der Waals surface area contributed by atoms with Crippen LogP contribution >= 0.6 is 0 Å². The molecule has 0 aromatic rings. The van der Waals surface area contributed by atoms with E-state index in [0.29, 0.717) is 26.2 Å². The summed E-state index contributed by atoms with van der Waals surface area (Å²) in [6, 6.07) is 0. The van der Waals surface area contributed by atoms with Gasteiger partial charge in [-0.2, -0.15) is 0 Å². The fourth-order valence-corrected chi connectivity index (χ4v) is 2.41. The average Bonchev–Trinajstić information content (AvgIpc) is 2.35. The number of rotatable bonds is 11. The summed E-state index contributed by atoms with van der Waals surface area (Å²) < 4.78 is 16.1. The van der Waals surface area contributed by atoms with Gasteiger partial charge in [-0.15, -0.1) is 0 Å². The van der Waals surface area contributed by atoms with Crippen molar-refractivity contribution in [2.75, 3.05) is 19.8 Å². The molecular formula is C16H32O4Si. The minimum absolute atomic E-state index is 0.0538. The standard InChI is InChI=1S/C16H32O4Si/c1-7-18-13-14-19-12-10-8-9-11-15(17)20-21(5,6)16(2,3)4/h7H,1,8-14H2,2-6H3. The second kappa shape index (κ2) is 10.0. The molecule has 0 N–H and O–H groups in total. The Balaban J connectivity index is 3.61. The van der Waals surface area contributed by atoms with Gasteiger partial charge < -0.3 is 13.9 Å². The summed E-state index contributed by atoms with van der Waals surface area (Å²) in [5.41, 5.74) is 0. The van der Waals surface area contributed by atoms with E-state index in [1.165, 1.54) is 6.26 Å². The van der Waals surface area contributed by atoms with Gasteiger partial charge in [-0.25, -0.2) is 0 Å². The van der Waals surface area contributed by atoms with Crippen LogP contribution in [0.5, 0.6) is 0 Å². The summed E-state index contributed by atoms with van der Waals surface area (Å²) in [5, 5.41) is 0.0734. The first kappa shape index (κ1) is 20.2. The summed E-state index contributed by atoms with van der Waals surface area (Å²) in [5.74, 6) is -0.0538. The van der Waals surface area contributed by atoms with E-state index in [9.17, 15) is 4.79 Å². The third-order valence-electron chi connectivity index (χ3n) is 3.81. The molecule has 0 aliphatic carbocycles. The lowest BCUT2D eigenvalue weighted by molar-refractivity contribution is -0.135. The van der Waals surface area contributed by atoms with Gasteiger partial charge in [0.25, 0.3) is 14.3 Å². The second-order valence-electron chi connectivity index (χ2n) is 6.69. The van der Waals surface area contributed by atoms with Gasteiger partial charge in [-0.05, 0) is 31.0 Å². The number of unbranched alkanes of at least 4 members (excludes halogenated alkanes) is 2. The molecule has 0 unspecified atom stereocenters. The third kappa shape index (κ3) is 9.69. The van der Waals surface area contributed by atoms with Crippen LogP contribution in [0.15, 0.2) is 12.8 Å². The van der Waals surface area contributed by atoms with Gasteiger partial charge in [0.15, 0.2) is 0 Å². The van der Waals surface area contributed by atoms with E-state index in [4.69, 9.17) is 13.9 Å². The van der Waals surface area contributed by atoms with E-state index < -0.39 is 8.32 Å². The van der Waals surface area contributed by atoms with E-state index in [1.807, 2.05) is 0 Å². The lowest BCUT2D eigenvalue weighted by Gasteiger charge is -2.35. The van der Waals surface area contributed by atoms with Crippen molar-refractivity contribution in [3.05, 3.63) is 12.8 Å². The zero-order valence-corrected chi connectivity index (χ0v) is 15.4. The van der Waals surface area contributed by atoms with Crippen LogP contribution in [-0.4, -0.2) is 34.1 Å². The molecule has 0 aliphatic heterocycles.